The molecule has 0 aromatic heterocycles. The average Bonchev–Trinajstić information content (AvgIpc) is 2.51. The lowest BCUT2D eigenvalue weighted by atomic mass is 10.1. The van der Waals surface area contributed by atoms with Gasteiger partial charge in [0.05, 0.1) is 0 Å². The molecule has 4 heteroatoms. The third-order valence-corrected chi connectivity index (χ3v) is 2.27. The highest BCUT2D eigenvalue weighted by atomic mass is 32.1. The van der Waals surface area contributed by atoms with E-state index in [0.717, 1.165) is 12.3 Å². The monoisotopic (exact) mass is 202 g/mol. The van der Waals surface area contributed by atoms with Gasteiger partial charge in [-0.15, -0.1) is 5.10 Å². The number of ether oxygens (including phenoxy) is 1. The predicted octanol–water partition coefficient (Wildman–Crippen LogP) is 2.79. The molecule has 0 radical (unpaired) electrons. The number of hydrazone groups is 1. The maximum atomic E-state index is 5.27. The molecule has 3 nitrogen and oxygen atoms in total. The SMILES string of the molecule is CCCCCCCC1=NN(S)CO1. The smallest absolute Gasteiger partial charge is 0.209 e. The first-order chi connectivity index (χ1) is 6.33. The molecule has 0 atom stereocenters. The van der Waals surface area contributed by atoms with Crippen molar-refractivity contribution in [2.75, 3.05) is 6.73 Å². The van der Waals surface area contributed by atoms with Crippen molar-refractivity contribution in [2.45, 2.75) is 45.4 Å². The quantitative estimate of drug-likeness (QED) is 0.529. The third kappa shape index (κ3) is 4.41. The van der Waals surface area contributed by atoms with Gasteiger partial charge in [0.15, 0.2) is 6.73 Å². The lowest BCUT2D eigenvalue weighted by molar-refractivity contribution is 0.253. The van der Waals surface area contributed by atoms with Crippen molar-refractivity contribution in [3.05, 3.63) is 0 Å². The standard InChI is InChI=1S/C9H18N2OS/c1-2-3-4-5-6-7-9-10-11(13)8-12-9/h13H,2-8H2,1H3. The predicted molar refractivity (Wildman–Crippen MR) is 57.6 cm³/mol. The van der Waals surface area contributed by atoms with Crippen LogP contribution < -0.4 is 0 Å². The first-order valence-electron chi connectivity index (χ1n) is 4.99. The molecule has 0 bridgehead atoms. The molecule has 0 aliphatic carbocycles. The highest BCUT2D eigenvalue weighted by molar-refractivity contribution is 7.77. The van der Waals surface area contributed by atoms with E-state index in [1.165, 1.54) is 36.5 Å². The Hall–Kier alpha value is -0.380. The lowest BCUT2D eigenvalue weighted by Gasteiger charge is -1.99. The van der Waals surface area contributed by atoms with Crippen LogP contribution in [0.15, 0.2) is 5.10 Å². The Labute approximate surface area is 85.7 Å². The van der Waals surface area contributed by atoms with Crippen LogP contribution in [0.2, 0.25) is 0 Å². The molecule has 0 aromatic carbocycles. The molecule has 0 saturated carbocycles. The first-order valence-corrected chi connectivity index (χ1v) is 5.39. The Morgan fingerprint density at radius 3 is 2.77 bits per heavy atom. The van der Waals surface area contributed by atoms with E-state index < -0.39 is 0 Å². The Morgan fingerprint density at radius 2 is 2.15 bits per heavy atom. The number of hydrogen-bond donors (Lipinski definition) is 1. The lowest BCUT2D eigenvalue weighted by Crippen LogP contribution is -2.00. The van der Waals surface area contributed by atoms with Crippen molar-refractivity contribution in [1.29, 1.82) is 0 Å². The van der Waals surface area contributed by atoms with Gasteiger partial charge in [-0.1, -0.05) is 32.6 Å². The molecule has 0 N–H and O–H groups in total. The fourth-order valence-electron chi connectivity index (χ4n) is 1.32. The summed E-state index contributed by atoms with van der Waals surface area (Å²) in [5.74, 6) is 0.839. The van der Waals surface area contributed by atoms with Crippen LogP contribution in [0, 0.1) is 0 Å². The van der Waals surface area contributed by atoms with Crippen LogP contribution in [0.25, 0.3) is 0 Å². The zero-order chi connectivity index (χ0) is 9.52. The first kappa shape index (κ1) is 10.7. The molecule has 0 saturated heterocycles. The molecule has 76 valence electrons. The molecule has 1 heterocycles. The Kier molecular flexibility index (Phi) is 5.05. The molecule has 0 fully saturated rings. The van der Waals surface area contributed by atoms with Crippen LogP contribution in [0.1, 0.15) is 45.4 Å². The maximum absolute atomic E-state index is 5.27. The molecule has 0 aromatic rings. The Morgan fingerprint density at radius 1 is 1.38 bits per heavy atom. The van der Waals surface area contributed by atoms with Crippen molar-refractivity contribution < 1.29 is 4.74 Å². The van der Waals surface area contributed by atoms with Gasteiger partial charge in [-0.3, -0.25) is 0 Å². The van der Waals surface area contributed by atoms with E-state index in [4.69, 9.17) is 4.74 Å². The summed E-state index contributed by atoms with van der Waals surface area (Å²) in [5, 5.41) is 4.10. The van der Waals surface area contributed by atoms with Gasteiger partial charge in [-0.25, -0.2) is 4.41 Å². The van der Waals surface area contributed by atoms with Gasteiger partial charge < -0.3 is 4.74 Å². The van der Waals surface area contributed by atoms with Gasteiger partial charge in [0, 0.05) is 6.42 Å². The van der Waals surface area contributed by atoms with Crippen LogP contribution in [-0.4, -0.2) is 17.0 Å². The van der Waals surface area contributed by atoms with Crippen molar-refractivity contribution >= 4 is 18.7 Å². The molecule has 13 heavy (non-hydrogen) atoms. The molecule has 0 amide bonds. The molecular formula is C9H18N2OS. The Balaban J connectivity index is 1.97. The van der Waals surface area contributed by atoms with E-state index in [2.05, 4.69) is 24.8 Å². The summed E-state index contributed by atoms with van der Waals surface area (Å²) in [5.41, 5.74) is 0. The van der Waals surface area contributed by atoms with Crippen LogP contribution in [0.5, 0.6) is 0 Å². The fourth-order valence-corrected chi connectivity index (χ4v) is 1.48. The summed E-state index contributed by atoms with van der Waals surface area (Å²) in [6.07, 6.45) is 7.38. The van der Waals surface area contributed by atoms with Gasteiger partial charge in [0.25, 0.3) is 0 Å². The molecule has 0 unspecified atom stereocenters. The summed E-state index contributed by atoms with van der Waals surface area (Å²) >= 11 is 4.05. The second kappa shape index (κ2) is 6.13. The number of rotatable bonds is 6. The summed E-state index contributed by atoms with van der Waals surface area (Å²) in [6.45, 7) is 2.72. The minimum Gasteiger partial charge on any atom is -0.456 e. The number of thiol groups is 1. The minimum atomic E-state index is 0.493. The Bertz CT molecular complexity index is 173. The largest absolute Gasteiger partial charge is 0.456 e. The fraction of sp³-hybridized carbons (Fsp3) is 0.889. The zero-order valence-electron chi connectivity index (χ0n) is 8.20. The molecular weight excluding hydrogens is 184 g/mol. The van der Waals surface area contributed by atoms with E-state index in [1.807, 2.05) is 0 Å². The van der Waals surface area contributed by atoms with Crippen LogP contribution in [0.3, 0.4) is 0 Å². The van der Waals surface area contributed by atoms with Crippen molar-refractivity contribution in [1.82, 2.24) is 4.41 Å². The summed E-state index contributed by atoms with van der Waals surface area (Å²) in [7, 11) is 0. The van der Waals surface area contributed by atoms with Crippen LogP contribution in [-0.2, 0) is 4.74 Å². The molecule has 1 aliphatic rings. The van der Waals surface area contributed by atoms with E-state index in [9.17, 15) is 0 Å². The van der Waals surface area contributed by atoms with Gasteiger partial charge in [0.2, 0.25) is 5.90 Å². The number of hydrogen-bond acceptors (Lipinski definition) is 4. The van der Waals surface area contributed by atoms with Crippen molar-refractivity contribution in [2.24, 2.45) is 5.10 Å². The van der Waals surface area contributed by atoms with Gasteiger partial charge in [-0.05, 0) is 19.2 Å². The van der Waals surface area contributed by atoms with Crippen molar-refractivity contribution in [3.63, 3.8) is 0 Å². The summed E-state index contributed by atoms with van der Waals surface area (Å²) in [6, 6.07) is 0. The highest BCUT2D eigenvalue weighted by Crippen LogP contribution is 2.11. The van der Waals surface area contributed by atoms with E-state index in [1.54, 1.807) is 0 Å². The zero-order valence-corrected chi connectivity index (χ0v) is 9.09. The van der Waals surface area contributed by atoms with Gasteiger partial charge in [-0.2, -0.15) is 0 Å². The van der Waals surface area contributed by atoms with Gasteiger partial charge >= 0.3 is 0 Å². The van der Waals surface area contributed by atoms with E-state index >= 15 is 0 Å². The second-order valence-electron chi connectivity index (χ2n) is 3.30. The highest BCUT2D eigenvalue weighted by Gasteiger charge is 2.10. The minimum absolute atomic E-state index is 0.493. The second-order valence-corrected chi connectivity index (χ2v) is 3.77. The summed E-state index contributed by atoms with van der Waals surface area (Å²) < 4.78 is 6.80. The molecule has 1 rings (SSSR count). The molecule has 0 spiro atoms. The van der Waals surface area contributed by atoms with Gasteiger partial charge in [0.1, 0.15) is 0 Å². The van der Waals surface area contributed by atoms with E-state index in [0.29, 0.717) is 6.73 Å². The van der Waals surface area contributed by atoms with Crippen LogP contribution >= 0.6 is 12.8 Å². The van der Waals surface area contributed by atoms with Crippen LogP contribution in [0.4, 0.5) is 0 Å². The number of unbranched alkanes of at least 4 members (excludes halogenated alkanes) is 4. The third-order valence-electron chi connectivity index (χ3n) is 2.07. The van der Waals surface area contributed by atoms with Crippen molar-refractivity contribution in [3.8, 4) is 0 Å². The maximum Gasteiger partial charge on any atom is 0.209 e. The average molecular weight is 202 g/mol. The molecule has 1 aliphatic heterocycles. The number of nitrogens with zero attached hydrogens (tertiary/aromatic N) is 2. The normalized spacial score (nSPS) is 15.8. The summed E-state index contributed by atoms with van der Waals surface area (Å²) in [4.78, 5) is 0. The topological polar surface area (TPSA) is 24.8 Å². The van der Waals surface area contributed by atoms with E-state index in [-0.39, 0.29) is 0 Å².